The summed E-state index contributed by atoms with van der Waals surface area (Å²) in [6.45, 7) is 2.18. The minimum Gasteiger partial charge on any atom is -0.325 e. The fraction of sp³-hybridized carbons (Fsp3) is 0.250. The van der Waals surface area contributed by atoms with Crippen LogP contribution in [0, 0.1) is 0 Å². The lowest BCUT2D eigenvalue weighted by molar-refractivity contribution is -0.137. The number of amides is 2. The van der Waals surface area contributed by atoms with E-state index in [2.05, 4.69) is 10.3 Å². The van der Waals surface area contributed by atoms with Gasteiger partial charge in [0.25, 0.3) is 0 Å². The number of carbonyl (C=O) groups is 2. The highest BCUT2D eigenvalue weighted by Gasteiger charge is 2.38. The Balaban J connectivity index is 1.73. The maximum Gasteiger partial charge on any atom is 0.416 e. The van der Waals surface area contributed by atoms with Crippen molar-refractivity contribution in [3.8, 4) is 0 Å². The number of para-hydroxylation sites is 1. The van der Waals surface area contributed by atoms with Crippen molar-refractivity contribution < 1.29 is 22.8 Å². The lowest BCUT2D eigenvalue weighted by Crippen LogP contribution is -2.33. The van der Waals surface area contributed by atoms with Crippen molar-refractivity contribution in [1.82, 2.24) is 4.90 Å². The standard InChI is InChI=1S/C20H17ClF3N3O2S/c1-2-27-18(29)16(30-19(27)25-13-6-4-3-5-7-13)11-17(28)26-15-10-12(20(22,23)24)8-9-14(15)21/h3-10,16H,2,11H2,1H3,(H,26,28). The highest BCUT2D eigenvalue weighted by atomic mass is 35.5. The molecule has 0 aromatic heterocycles. The second-order valence-corrected chi connectivity index (χ2v) is 7.94. The molecule has 158 valence electrons. The van der Waals surface area contributed by atoms with Crippen LogP contribution in [0.4, 0.5) is 24.5 Å². The van der Waals surface area contributed by atoms with E-state index in [1.807, 2.05) is 18.2 Å². The Morgan fingerprint density at radius 1 is 1.23 bits per heavy atom. The Morgan fingerprint density at radius 2 is 1.93 bits per heavy atom. The lowest BCUT2D eigenvalue weighted by Gasteiger charge is -2.14. The molecule has 30 heavy (non-hydrogen) atoms. The van der Waals surface area contributed by atoms with Gasteiger partial charge < -0.3 is 5.32 Å². The van der Waals surface area contributed by atoms with Crippen LogP contribution in [0.3, 0.4) is 0 Å². The molecule has 1 saturated heterocycles. The summed E-state index contributed by atoms with van der Waals surface area (Å²) in [4.78, 5) is 31.0. The van der Waals surface area contributed by atoms with Gasteiger partial charge in [-0.05, 0) is 37.3 Å². The largest absolute Gasteiger partial charge is 0.416 e. The smallest absolute Gasteiger partial charge is 0.325 e. The van der Waals surface area contributed by atoms with Crippen molar-refractivity contribution >= 4 is 51.7 Å². The van der Waals surface area contributed by atoms with E-state index < -0.39 is 22.9 Å². The van der Waals surface area contributed by atoms with Crippen LogP contribution in [0.5, 0.6) is 0 Å². The third kappa shape index (κ3) is 5.14. The number of amidine groups is 1. The number of hydrogen-bond donors (Lipinski definition) is 1. The van der Waals surface area contributed by atoms with Crippen LogP contribution < -0.4 is 5.32 Å². The number of carbonyl (C=O) groups excluding carboxylic acids is 2. The molecule has 2 amide bonds. The fourth-order valence-electron chi connectivity index (χ4n) is 2.80. The maximum absolute atomic E-state index is 12.9. The molecule has 1 N–H and O–H groups in total. The van der Waals surface area contributed by atoms with E-state index in [4.69, 9.17) is 11.6 Å². The SMILES string of the molecule is CCN1C(=O)C(CC(=O)Nc2cc(C(F)(F)F)ccc2Cl)SC1=Nc1ccccc1. The van der Waals surface area contributed by atoms with E-state index in [1.54, 1.807) is 19.1 Å². The highest BCUT2D eigenvalue weighted by molar-refractivity contribution is 8.15. The second kappa shape index (κ2) is 9.09. The van der Waals surface area contributed by atoms with E-state index in [0.29, 0.717) is 17.4 Å². The molecule has 1 aliphatic heterocycles. The Labute approximate surface area is 180 Å². The first-order valence-electron chi connectivity index (χ1n) is 8.97. The third-order valence-electron chi connectivity index (χ3n) is 4.26. The van der Waals surface area contributed by atoms with E-state index in [1.165, 1.54) is 4.90 Å². The van der Waals surface area contributed by atoms with Crippen molar-refractivity contribution in [2.45, 2.75) is 24.8 Å². The summed E-state index contributed by atoms with van der Waals surface area (Å²) in [6, 6.07) is 11.7. The quantitative estimate of drug-likeness (QED) is 0.662. The molecule has 1 heterocycles. The average Bonchev–Trinajstić information content (AvgIpc) is 2.97. The van der Waals surface area contributed by atoms with Crippen LogP contribution in [-0.4, -0.2) is 33.7 Å². The molecule has 2 aromatic rings. The van der Waals surface area contributed by atoms with Gasteiger partial charge in [-0.15, -0.1) is 0 Å². The first kappa shape index (κ1) is 22.2. The van der Waals surface area contributed by atoms with Gasteiger partial charge >= 0.3 is 6.18 Å². The normalized spacial score (nSPS) is 18.2. The van der Waals surface area contributed by atoms with Gasteiger partial charge in [-0.3, -0.25) is 14.5 Å². The Bertz CT molecular complexity index is 983. The minimum absolute atomic E-state index is 0.0248. The number of nitrogens with one attached hydrogen (secondary N) is 1. The minimum atomic E-state index is -4.56. The molecule has 1 aliphatic rings. The predicted octanol–water partition coefficient (Wildman–Crippen LogP) is 5.34. The second-order valence-electron chi connectivity index (χ2n) is 6.36. The van der Waals surface area contributed by atoms with Gasteiger partial charge in [0.1, 0.15) is 5.25 Å². The van der Waals surface area contributed by atoms with Crippen LogP contribution in [0.25, 0.3) is 0 Å². The molecular weight excluding hydrogens is 439 g/mol. The summed E-state index contributed by atoms with van der Waals surface area (Å²) in [5.74, 6) is -0.887. The van der Waals surface area contributed by atoms with Crippen LogP contribution in [0.2, 0.25) is 5.02 Å². The predicted molar refractivity (Wildman–Crippen MR) is 112 cm³/mol. The zero-order valence-electron chi connectivity index (χ0n) is 15.7. The lowest BCUT2D eigenvalue weighted by atomic mass is 10.2. The number of thioether (sulfide) groups is 1. The first-order chi connectivity index (χ1) is 14.2. The van der Waals surface area contributed by atoms with Gasteiger partial charge in [-0.2, -0.15) is 13.2 Å². The van der Waals surface area contributed by atoms with Crippen molar-refractivity contribution in [1.29, 1.82) is 0 Å². The van der Waals surface area contributed by atoms with E-state index in [-0.39, 0.29) is 23.0 Å². The molecule has 1 unspecified atom stereocenters. The molecule has 3 rings (SSSR count). The summed E-state index contributed by atoms with van der Waals surface area (Å²) in [5.41, 5.74) is -0.410. The number of nitrogens with zero attached hydrogens (tertiary/aromatic N) is 2. The maximum atomic E-state index is 12.9. The van der Waals surface area contributed by atoms with Crippen molar-refractivity contribution in [3.05, 3.63) is 59.1 Å². The molecule has 0 bridgehead atoms. The van der Waals surface area contributed by atoms with Crippen molar-refractivity contribution in [3.63, 3.8) is 0 Å². The van der Waals surface area contributed by atoms with Gasteiger partial charge in [0.05, 0.1) is 22.0 Å². The van der Waals surface area contributed by atoms with Crippen LogP contribution >= 0.6 is 23.4 Å². The number of rotatable bonds is 5. The summed E-state index contributed by atoms with van der Waals surface area (Å²) in [7, 11) is 0. The highest BCUT2D eigenvalue weighted by Crippen LogP contribution is 2.35. The Hall–Kier alpha value is -2.52. The zero-order chi connectivity index (χ0) is 21.9. The number of aliphatic imine (C=N–C) groups is 1. The summed E-state index contributed by atoms with van der Waals surface area (Å²) >= 11 is 7.06. The van der Waals surface area contributed by atoms with Gasteiger partial charge in [0.15, 0.2) is 5.17 Å². The Kier molecular flexibility index (Phi) is 6.72. The fourth-order valence-corrected chi connectivity index (χ4v) is 4.18. The molecule has 1 fully saturated rings. The molecule has 0 spiro atoms. The monoisotopic (exact) mass is 455 g/mol. The molecular formula is C20H17ClF3N3O2S. The van der Waals surface area contributed by atoms with Gasteiger partial charge in [0, 0.05) is 13.0 Å². The average molecular weight is 456 g/mol. The van der Waals surface area contributed by atoms with Gasteiger partial charge in [-0.25, -0.2) is 4.99 Å². The number of alkyl halides is 3. The Morgan fingerprint density at radius 3 is 2.57 bits per heavy atom. The zero-order valence-corrected chi connectivity index (χ0v) is 17.3. The van der Waals surface area contributed by atoms with Gasteiger partial charge in [0.2, 0.25) is 11.8 Å². The summed E-state index contributed by atoms with van der Waals surface area (Å²) in [6.07, 6.45) is -4.79. The first-order valence-corrected chi connectivity index (χ1v) is 10.2. The summed E-state index contributed by atoms with van der Waals surface area (Å²) < 4.78 is 38.7. The van der Waals surface area contributed by atoms with E-state index in [0.717, 1.165) is 30.0 Å². The number of benzene rings is 2. The van der Waals surface area contributed by atoms with E-state index >= 15 is 0 Å². The molecule has 5 nitrogen and oxygen atoms in total. The molecule has 0 aliphatic carbocycles. The van der Waals surface area contributed by atoms with Crippen molar-refractivity contribution in [2.75, 3.05) is 11.9 Å². The molecule has 1 atom stereocenters. The van der Waals surface area contributed by atoms with Gasteiger partial charge in [-0.1, -0.05) is 41.6 Å². The molecule has 10 heteroatoms. The van der Waals surface area contributed by atoms with Crippen LogP contribution in [0.1, 0.15) is 18.9 Å². The van der Waals surface area contributed by atoms with E-state index in [9.17, 15) is 22.8 Å². The number of hydrogen-bond acceptors (Lipinski definition) is 4. The third-order valence-corrected chi connectivity index (χ3v) is 5.76. The molecule has 2 aromatic carbocycles. The molecule has 0 saturated carbocycles. The summed E-state index contributed by atoms with van der Waals surface area (Å²) in [5, 5.41) is 2.10. The molecule has 0 radical (unpaired) electrons. The topological polar surface area (TPSA) is 61.8 Å². The van der Waals surface area contributed by atoms with Crippen LogP contribution in [-0.2, 0) is 15.8 Å². The number of halogens is 4. The van der Waals surface area contributed by atoms with Crippen molar-refractivity contribution in [2.24, 2.45) is 4.99 Å². The van der Waals surface area contributed by atoms with Crippen LogP contribution in [0.15, 0.2) is 53.5 Å². The number of anilines is 1.